The fourth-order valence-corrected chi connectivity index (χ4v) is 4.91. The number of aromatic amines is 1. The van der Waals surface area contributed by atoms with E-state index in [1.54, 1.807) is 6.33 Å². The molecule has 162 valence electrons. The van der Waals surface area contributed by atoms with Gasteiger partial charge in [-0.3, -0.25) is 14.4 Å². The van der Waals surface area contributed by atoms with Crippen LogP contribution in [-0.4, -0.2) is 72.7 Å². The Kier molecular flexibility index (Phi) is 4.72. The number of piperidine rings is 1. The average molecular weight is 428 g/mol. The first-order chi connectivity index (χ1) is 15.8. The van der Waals surface area contributed by atoms with Gasteiger partial charge in [0.15, 0.2) is 0 Å². The van der Waals surface area contributed by atoms with Crippen LogP contribution in [0.1, 0.15) is 29.2 Å². The summed E-state index contributed by atoms with van der Waals surface area (Å²) in [6.45, 7) is 3.65. The van der Waals surface area contributed by atoms with Crippen molar-refractivity contribution in [1.29, 1.82) is 0 Å². The Labute approximate surface area is 185 Å². The number of nitrogens with zero attached hydrogens (tertiary/aromatic N) is 6. The van der Waals surface area contributed by atoms with Crippen LogP contribution in [0, 0.1) is 0 Å². The first kappa shape index (κ1) is 19.2. The number of hydrogen-bond donors (Lipinski definition) is 1. The van der Waals surface area contributed by atoms with Gasteiger partial charge in [0.25, 0.3) is 5.91 Å². The van der Waals surface area contributed by atoms with Gasteiger partial charge in [0.05, 0.1) is 17.9 Å². The monoisotopic (exact) mass is 427 g/mol. The maximum atomic E-state index is 12.7. The minimum Gasteiger partial charge on any atom is -0.346 e. The Balaban J connectivity index is 1.05. The summed E-state index contributed by atoms with van der Waals surface area (Å²) in [5.74, 6) is 0.149. The molecule has 8 nitrogen and oxygen atoms in total. The van der Waals surface area contributed by atoms with E-state index in [0.717, 1.165) is 66.9 Å². The maximum Gasteiger partial charge on any atom is 0.253 e. The van der Waals surface area contributed by atoms with E-state index in [9.17, 15) is 4.79 Å². The normalized spacial score (nSPS) is 18.2. The third kappa shape index (κ3) is 3.36. The van der Waals surface area contributed by atoms with Gasteiger partial charge in [-0.05, 0) is 31.0 Å². The molecule has 8 heteroatoms. The highest BCUT2D eigenvalue weighted by Gasteiger charge is 2.36. The van der Waals surface area contributed by atoms with Crippen molar-refractivity contribution in [2.24, 2.45) is 0 Å². The van der Waals surface area contributed by atoms with Crippen molar-refractivity contribution >= 4 is 16.9 Å². The van der Waals surface area contributed by atoms with Crippen molar-refractivity contribution in [3.05, 3.63) is 66.9 Å². The summed E-state index contributed by atoms with van der Waals surface area (Å²) in [5, 5.41) is 5.63. The SMILES string of the molecule is O=C(c1ccccc1)N1CCC(N2CC(n3cc(-c4ncnc5[nH]ccc45)cn3)C2)CC1. The van der Waals surface area contributed by atoms with Gasteiger partial charge in [-0.2, -0.15) is 5.10 Å². The second kappa shape index (κ2) is 7.87. The number of likely N-dealkylation sites (tertiary alicyclic amines) is 2. The molecule has 0 bridgehead atoms. The van der Waals surface area contributed by atoms with E-state index >= 15 is 0 Å². The predicted molar refractivity (Wildman–Crippen MR) is 121 cm³/mol. The van der Waals surface area contributed by atoms with E-state index in [-0.39, 0.29) is 5.91 Å². The van der Waals surface area contributed by atoms with Crippen LogP contribution in [0.2, 0.25) is 0 Å². The molecule has 1 aromatic carbocycles. The van der Waals surface area contributed by atoms with E-state index in [0.29, 0.717) is 12.1 Å². The number of carbonyl (C=O) groups is 1. The molecule has 2 fully saturated rings. The zero-order valence-electron chi connectivity index (χ0n) is 17.8. The first-order valence-electron chi connectivity index (χ1n) is 11.2. The van der Waals surface area contributed by atoms with Crippen LogP contribution in [0.15, 0.2) is 61.3 Å². The average Bonchev–Trinajstić information content (AvgIpc) is 3.48. The molecule has 2 saturated heterocycles. The number of fused-ring (bicyclic) bond motifs is 1. The number of aromatic nitrogens is 5. The number of amides is 1. The van der Waals surface area contributed by atoms with Crippen LogP contribution in [0.5, 0.6) is 0 Å². The Hall–Kier alpha value is -3.52. The largest absolute Gasteiger partial charge is 0.346 e. The number of carbonyl (C=O) groups excluding carboxylic acids is 1. The van der Waals surface area contributed by atoms with E-state index < -0.39 is 0 Å². The molecule has 5 heterocycles. The van der Waals surface area contributed by atoms with Gasteiger partial charge in [-0.15, -0.1) is 0 Å². The zero-order chi connectivity index (χ0) is 21.5. The molecule has 0 radical (unpaired) electrons. The van der Waals surface area contributed by atoms with Crippen LogP contribution < -0.4 is 0 Å². The van der Waals surface area contributed by atoms with Crippen molar-refractivity contribution < 1.29 is 4.79 Å². The lowest BCUT2D eigenvalue weighted by Gasteiger charge is -2.47. The molecule has 0 atom stereocenters. The van der Waals surface area contributed by atoms with Gasteiger partial charge in [0.1, 0.15) is 12.0 Å². The molecule has 0 saturated carbocycles. The lowest BCUT2D eigenvalue weighted by molar-refractivity contribution is 0.0198. The summed E-state index contributed by atoms with van der Waals surface area (Å²) in [6, 6.07) is 12.5. The van der Waals surface area contributed by atoms with Crippen molar-refractivity contribution in [3.8, 4) is 11.3 Å². The number of hydrogen-bond acceptors (Lipinski definition) is 5. The van der Waals surface area contributed by atoms with Crippen molar-refractivity contribution in [2.45, 2.75) is 24.9 Å². The van der Waals surface area contributed by atoms with Gasteiger partial charge in [-0.25, -0.2) is 9.97 Å². The van der Waals surface area contributed by atoms with Crippen LogP contribution in [0.3, 0.4) is 0 Å². The van der Waals surface area contributed by atoms with Crippen molar-refractivity contribution in [1.82, 2.24) is 34.5 Å². The highest BCUT2D eigenvalue weighted by molar-refractivity contribution is 5.94. The molecular weight excluding hydrogens is 402 g/mol. The number of nitrogens with one attached hydrogen (secondary N) is 1. The molecule has 0 aliphatic carbocycles. The van der Waals surface area contributed by atoms with Crippen molar-refractivity contribution in [2.75, 3.05) is 26.2 Å². The summed E-state index contributed by atoms with van der Waals surface area (Å²) in [4.78, 5) is 29.1. The first-order valence-corrected chi connectivity index (χ1v) is 11.2. The van der Waals surface area contributed by atoms with Gasteiger partial charge in [-0.1, -0.05) is 18.2 Å². The van der Waals surface area contributed by atoms with E-state index in [1.165, 1.54) is 0 Å². The minimum atomic E-state index is 0.149. The van der Waals surface area contributed by atoms with Gasteiger partial charge in [0, 0.05) is 61.1 Å². The van der Waals surface area contributed by atoms with Crippen LogP contribution in [0.4, 0.5) is 0 Å². The highest BCUT2D eigenvalue weighted by atomic mass is 16.2. The summed E-state index contributed by atoms with van der Waals surface area (Å²) in [5.41, 5.74) is 3.55. The maximum absolute atomic E-state index is 12.7. The molecule has 6 rings (SSSR count). The molecule has 2 aliphatic heterocycles. The van der Waals surface area contributed by atoms with Crippen molar-refractivity contribution in [3.63, 3.8) is 0 Å². The number of benzene rings is 1. The van der Waals surface area contributed by atoms with Gasteiger partial charge < -0.3 is 9.88 Å². The van der Waals surface area contributed by atoms with Gasteiger partial charge in [0.2, 0.25) is 0 Å². The predicted octanol–water partition coefficient (Wildman–Crippen LogP) is 2.98. The molecule has 32 heavy (non-hydrogen) atoms. The topological polar surface area (TPSA) is 82.9 Å². The minimum absolute atomic E-state index is 0.149. The molecular formula is C24H25N7O. The van der Waals surface area contributed by atoms with Crippen LogP contribution in [-0.2, 0) is 0 Å². The molecule has 2 aliphatic rings. The second-order valence-corrected chi connectivity index (χ2v) is 8.67. The van der Waals surface area contributed by atoms with E-state index in [2.05, 4.69) is 35.8 Å². The summed E-state index contributed by atoms with van der Waals surface area (Å²) < 4.78 is 2.07. The van der Waals surface area contributed by atoms with E-state index in [1.807, 2.05) is 53.7 Å². The fourth-order valence-electron chi connectivity index (χ4n) is 4.91. The van der Waals surface area contributed by atoms with Crippen LogP contribution in [0.25, 0.3) is 22.3 Å². The zero-order valence-corrected chi connectivity index (χ0v) is 17.8. The Morgan fingerprint density at radius 3 is 2.62 bits per heavy atom. The highest BCUT2D eigenvalue weighted by Crippen LogP contribution is 2.30. The standard InChI is InChI=1S/C24H25N7O/c32-24(17-4-2-1-3-5-17)29-10-7-19(8-11-29)30-14-20(15-30)31-13-18(12-28-31)22-21-6-9-25-23(21)27-16-26-22/h1-6,9,12-13,16,19-20H,7-8,10-11,14-15H2,(H,25,26,27). The summed E-state index contributed by atoms with van der Waals surface area (Å²) in [6.07, 6.45) is 9.52. The molecule has 1 amide bonds. The Morgan fingerprint density at radius 1 is 1.00 bits per heavy atom. The lowest BCUT2D eigenvalue weighted by Crippen LogP contribution is -2.56. The Morgan fingerprint density at radius 2 is 1.81 bits per heavy atom. The third-order valence-corrected chi connectivity index (χ3v) is 6.78. The molecule has 0 spiro atoms. The molecule has 0 unspecified atom stereocenters. The second-order valence-electron chi connectivity index (χ2n) is 8.67. The smallest absolute Gasteiger partial charge is 0.253 e. The molecule has 3 aromatic heterocycles. The third-order valence-electron chi connectivity index (χ3n) is 6.78. The Bertz CT molecular complexity index is 1230. The number of rotatable bonds is 4. The summed E-state index contributed by atoms with van der Waals surface area (Å²) >= 11 is 0. The fraction of sp³-hybridized carbons (Fsp3) is 0.333. The number of H-pyrrole nitrogens is 1. The quantitative estimate of drug-likeness (QED) is 0.541. The molecule has 4 aromatic rings. The van der Waals surface area contributed by atoms with Crippen LogP contribution >= 0.6 is 0 Å². The molecule has 1 N–H and O–H groups in total. The summed E-state index contributed by atoms with van der Waals surface area (Å²) in [7, 11) is 0. The van der Waals surface area contributed by atoms with Gasteiger partial charge >= 0.3 is 0 Å². The lowest BCUT2D eigenvalue weighted by atomic mass is 9.97. The van der Waals surface area contributed by atoms with E-state index in [4.69, 9.17) is 0 Å².